The lowest BCUT2D eigenvalue weighted by Gasteiger charge is -2.36. The van der Waals surface area contributed by atoms with E-state index in [2.05, 4.69) is 10.1 Å². The monoisotopic (exact) mass is 197 g/mol. The van der Waals surface area contributed by atoms with Gasteiger partial charge in [0.15, 0.2) is 0 Å². The summed E-state index contributed by atoms with van der Waals surface area (Å²) in [6.45, 7) is 0.304. The van der Waals surface area contributed by atoms with E-state index >= 15 is 0 Å². The molecule has 5 heteroatoms. The van der Waals surface area contributed by atoms with Gasteiger partial charge in [0.05, 0.1) is 5.41 Å². The maximum absolute atomic E-state index is 11.5. The number of amides is 1. The number of hydrogen-bond acceptors (Lipinski definition) is 4. The first-order valence-corrected chi connectivity index (χ1v) is 4.64. The van der Waals surface area contributed by atoms with Crippen molar-refractivity contribution >= 4 is 17.8 Å². The highest BCUT2D eigenvalue weighted by Gasteiger charge is 2.46. The summed E-state index contributed by atoms with van der Waals surface area (Å²) in [6, 6.07) is 0. The summed E-state index contributed by atoms with van der Waals surface area (Å²) in [4.78, 5) is 33.3. The number of esters is 2. The number of piperidine rings is 1. The Morgan fingerprint density at radius 3 is 2.43 bits per heavy atom. The lowest BCUT2D eigenvalue weighted by molar-refractivity contribution is -0.175. The number of ether oxygens (including phenoxy) is 1. The molecule has 1 atom stereocenters. The quantitative estimate of drug-likeness (QED) is 0.429. The molecule has 0 saturated carbocycles. The van der Waals surface area contributed by atoms with Gasteiger partial charge in [-0.25, -0.2) is 0 Å². The fraction of sp³-hybridized carbons (Fsp3) is 0.667. The molecule has 0 bridgehead atoms. The minimum atomic E-state index is -0.637. The van der Waals surface area contributed by atoms with E-state index in [0.29, 0.717) is 25.8 Å². The molecular weight excluding hydrogens is 186 g/mol. The smallest absolute Gasteiger partial charge is 0.321 e. The van der Waals surface area contributed by atoms with Gasteiger partial charge >= 0.3 is 11.9 Å². The van der Waals surface area contributed by atoms with E-state index in [9.17, 15) is 14.4 Å². The van der Waals surface area contributed by atoms with E-state index in [0.717, 1.165) is 0 Å². The summed E-state index contributed by atoms with van der Waals surface area (Å²) in [6.07, 6.45) is 1.58. The Morgan fingerprint density at radius 1 is 1.14 bits per heavy atom. The van der Waals surface area contributed by atoms with Gasteiger partial charge in [-0.15, -0.1) is 0 Å². The first-order chi connectivity index (χ1) is 6.62. The van der Waals surface area contributed by atoms with Crippen LogP contribution >= 0.6 is 0 Å². The Hall–Kier alpha value is -1.39. The van der Waals surface area contributed by atoms with Gasteiger partial charge in [0.2, 0.25) is 5.91 Å². The fourth-order valence-corrected chi connectivity index (χ4v) is 1.89. The van der Waals surface area contributed by atoms with Crippen LogP contribution in [0.25, 0.3) is 0 Å². The number of nitrogens with one attached hydrogen (secondary N) is 1. The van der Waals surface area contributed by atoms with Crippen LogP contribution in [0.3, 0.4) is 0 Å². The highest BCUT2D eigenvalue weighted by atomic mass is 16.6. The highest BCUT2D eigenvalue weighted by Crippen LogP contribution is 2.36. The van der Waals surface area contributed by atoms with Crippen LogP contribution in [0.2, 0.25) is 0 Å². The molecule has 2 saturated heterocycles. The Balaban J connectivity index is 2.12. The molecule has 1 spiro atoms. The maximum atomic E-state index is 11.5. The zero-order valence-corrected chi connectivity index (χ0v) is 7.67. The minimum Gasteiger partial charge on any atom is -0.393 e. The summed E-state index contributed by atoms with van der Waals surface area (Å²) in [7, 11) is 0. The molecule has 5 nitrogen and oxygen atoms in total. The van der Waals surface area contributed by atoms with E-state index in [4.69, 9.17) is 0 Å². The van der Waals surface area contributed by atoms with Crippen LogP contribution in [0, 0.1) is 5.41 Å². The molecule has 0 aromatic heterocycles. The van der Waals surface area contributed by atoms with Crippen molar-refractivity contribution in [3.8, 4) is 0 Å². The van der Waals surface area contributed by atoms with Crippen LogP contribution in [-0.2, 0) is 19.1 Å². The molecule has 2 fully saturated rings. The zero-order valence-electron chi connectivity index (χ0n) is 7.67. The molecule has 0 radical (unpaired) electrons. The molecular formula is C9H11NO4. The molecule has 2 heterocycles. The fourth-order valence-electron chi connectivity index (χ4n) is 1.89. The molecule has 14 heavy (non-hydrogen) atoms. The Bertz CT molecular complexity index is 292. The molecule has 0 aromatic carbocycles. The van der Waals surface area contributed by atoms with Crippen LogP contribution in [0.5, 0.6) is 0 Å². The van der Waals surface area contributed by atoms with Crippen LogP contribution in [-0.4, -0.2) is 24.4 Å². The normalized spacial score (nSPS) is 32.7. The Kier molecular flexibility index (Phi) is 2.02. The summed E-state index contributed by atoms with van der Waals surface area (Å²) < 4.78 is 4.59. The summed E-state index contributed by atoms with van der Waals surface area (Å²) in [5.41, 5.74) is -0.637. The number of hydrogen-bond donors (Lipinski definition) is 1. The van der Waals surface area contributed by atoms with E-state index in [-0.39, 0.29) is 12.3 Å². The first kappa shape index (κ1) is 9.18. The van der Waals surface area contributed by atoms with Gasteiger partial charge in [0, 0.05) is 19.4 Å². The van der Waals surface area contributed by atoms with E-state index in [1.54, 1.807) is 0 Å². The highest BCUT2D eigenvalue weighted by molar-refractivity contribution is 5.93. The number of cyclic esters (lactones) is 2. The molecule has 1 N–H and O–H groups in total. The average molecular weight is 197 g/mol. The molecule has 2 aliphatic heterocycles. The van der Waals surface area contributed by atoms with Crippen molar-refractivity contribution in [2.75, 3.05) is 6.54 Å². The number of carbonyl (C=O) groups excluding carboxylic acids is 3. The van der Waals surface area contributed by atoms with Gasteiger partial charge in [0.1, 0.15) is 0 Å². The molecule has 0 aromatic rings. The van der Waals surface area contributed by atoms with Gasteiger partial charge in [-0.3, -0.25) is 14.4 Å². The van der Waals surface area contributed by atoms with Gasteiger partial charge in [0.25, 0.3) is 0 Å². The third-order valence-electron chi connectivity index (χ3n) is 2.90. The predicted octanol–water partition coefficient (Wildman–Crippen LogP) is -0.254. The van der Waals surface area contributed by atoms with Crippen LogP contribution in [0.4, 0.5) is 0 Å². The van der Waals surface area contributed by atoms with Gasteiger partial charge in [-0.2, -0.15) is 0 Å². The summed E-state index contributed by atoms with van der Waals surface area (Å²) in [5, 5.41) is 2.64. The lowest BCUT2D eigenvalue weighted by Crippen LogP contribution is -2.51. The zero-order chi connectivity index (χ0) is 10.2. The second-order valence-electron chi connectivity index (χ2n) is 3.82. The van der Waals surface area contributed by atoms with Gasteiger partial charge < -0.3 is 10.1 Å². The van der Waals surface area contributed by atoms with Crippen molar-refractivity contribution in [3.05, 3.63) is 0 Å². The maximum Gasteiger partial charge on any atom is 0.321 e. The lowest BCUT2D eigenvalue weighted by atomic mass is 9.75. The molecule has 0 unspecified atom stereocenters. The topological polar surface area (TPSA) is 72.5 Å². The predicted molar refractivity (Wildman–Crippen MR) is 45.0 cm³/mol. The molecule has 2 rings (SSSR count). The second-order valence-corrected chi connectivity index (χ2v) is 3.82. The molecule has 76 valence electrons. The van der Waals surface area contributed by atoms with Crippen LogP contribution in [0.15, 0.2) is 0 Å². The van der Waals surface area contributed by atoms with Crippen molar-refractivity contribution in [1.29, 1.82) is 0 Å². The number of carbonyl (C=O) groups is 3. The van der Waals surface area contributed by atoms with E-state index < -0.39 is 17.4 Å². The molecule has 0 aliphatic carbocycles. The van der Waals surface area contributed by atoms with Crippen LogP contribution < -0.4 is 5.32 Å². The van der Waals surface area contributed by atoms with Crippen molar-refractivity contribution < 1.29 is 19.1 Å². The van der Waals surface area contributed by atoms with Crippen molar-refractivity contribution in [2.24, 2.45) is 5.41 Å². The van der Waals surface area contributed by atoms with Crippen LogP contribution in [0.1, 0.15) is 25.7 Å². The first-order valence-electron chi connectivity index (χ1n) is 4.64. The average Bonchev–Trinajstić information content (AvgIpc) is 2.16. The van der Waals surface area contributed by atoms with Crippen molar-refractivity contribution in [3.63, 3.8) is 0 Å². The minimum absolute atomic E-state index is 0.0414. The third-order valence-corrected chi connectivity index (χ3v) is 2.90. The van der Waals surface area contributed by atoms with Gasteiger partial charge in [-0.05, 0) is 12.8 Å². The Labute approximate surface area is 80.8 Å². The van der Waals surface area contributed by atoms with Crippen molar-refractivity contribution in [1.82, 2.24) is 5.32 Å². The Morgan fingerprint density at radius 2 is 1.86 bits per heavy atom. The third kappa shape index (κ3) is 1.38. The summed E-state index contributed by atoms with van der Waals surface area (Å²) in [5.74, 6) is -0.980. The SMILES string of the molecule is O=C1CC[C@]2(CCC(=O)OC2=O)CN1. The standard InChI is InChI=1S/C9H11NO4/c11-6-1-3-9(5-10-6)4-2-7(12)14-8(9)13/h1-5H2,(H,10,11)/t9-/m0/s1. The summed E-state index contributed by atoms with van der Waals surface area (Å²) >= 11 is 0. The molecule has 2 aliphatic rings. The van der Waals surface area contributed by atoms with E-state index in [1.165, 1.54) is 0 Å². The molecule has 1 amide bonds. The second kappa shape index (κ2) is 3.08. The van der Waals surface area contributed by atoms with Gasteiger partial charge in [-0.1, -0.05) is 0 Å². The van der Waals surface area contributed by atoms with E-state index in [1.807, 2.05) is 0 Å². The largest absolute Gasteiger partial charge is 0.393 e. The van der Waals surface area contributed by atoms with Crippen molar-refractivity contribution in [2.45, 2.75) is 25.7 Å². The number of rotatable bonds is 0.